The van der Waals surface area contributed by atoms with E-state index < -0.39 is 0 Å². The zero-order valence-corrected chi connectivity index (χ0v) is 10.8. The predicted octanol–water partition coefficient (Wildman–Crippen LogP) is 2.68. The van der Waals surface area contributed by atoms with E-state index in [0.717, 1.165) is 5.75 Å². The Bertz CT molecular complexity index is 464. The number of rotatable bonds is 4. The van der Waals surface area contributed by atoms with Gasteiger partial charge in [-0.05, 0) is 30.0 Å². The zero-order chi connectivity index (χ0) is 11.5. The lowest BCUT2D eigenvalue weighted by Crippen LogP contribution is -2.27. The van der Waals surface area contributed by atoms with Gasteiger partial charge in [0, 0.05) is 15.1 Å². The molecule has 0 spiro atoms. The van der Waals surface area contributed by atoms with Crippen LogP contribution in [0.4, 0.5) is 0 Å². The van der Waals surface area contributed by atoms with Crippen LogP contribution in [0.2, 0.25) is 0 Å². The van der Waals surface area contributed by atoms with Gasteiger partial charge < -0.3 is 4.74 Å². The molecule has 0 amide bonds. The van der Waals surface area contributed by atoms with E-state index in [1.165, 1.54) is 15.3 Å². The Hall–Kier alpha value is -0.880. The van der Waals surface area contributed by atoms with Gasteiger partial charge in [-0.2, -0.15) is 0 Å². The average molecular weight is 254 g/mol. The van der Waals surface area contributed by atoms with Gasteiger partial charge in [0.1, 0.15) is 5.75 Å². The summed E-state index contributed by atoms with van der Waals surface area (Å²) in [4.78, 5) is 2.43. The van der Waals surface area contributed by atoms with E-state index in [2.05, 4.69) is 23.8 Å². The summed E-state index contributed by atoms with van der Waals surface area (Å²) in [6.07, 6.45) is 0. The first-order valence-corrected chi connectivity index (χ1v) is 6.64. The van der Waals surface area contributed by atoms with E-state index in [4.69, 9.17) is 10.6 Å². The van der Waals surface area contributed by atoms with Gasteiger partial charge in [-0.3, -0.25) is 5.84 Å². The third kappa shape index (κ3) is 2.12. The van der Waals surface area contributed by atoms with E-state index in [-0.39, 0.29) is 6.04 Å². The van der Waals surface area contributed by atoms with Crippen LogP contribution in [-0.4, -0.2) is 7.11 Å². The Morgan fingerprint density at radius 2 is 2.25 bits per heavy atom. The summed E-state index contributed by atoms with van der Waals surface area (Å²) >= 11 is 3.37. The fourth-order valence-electron chi connectivity index (χ4n) is 1.56. The maximum Gasteiger partial charge on any atom is 0.129 e. The molecule has 0 saturated carbocycles. The third-order valence-electron chi connectivity index (χ3n) is 2.45. The lowest BCUT2D eigenvalue weighted by atomic mass is 10.1. The minimum atomic E-state index is 0.0638. The van der Waals surface area contributed by atoms with Crippen LogP contribution in [0.1, 0.15) is 21.4 Å². The molecule has 1 unspecified atom stereocenters. The second-order valence-electron chi connectivity index (χ2n) is 3.46. The van der Waals surface area contributed by atoms with Gasteiger partial charge in [0.25, 0.3) is 0 Å². The smallest absolute Gasteiger partial charge is 0.129 e. The van der Waals surface area contributed by atoms with Crippen molar-refractivity contribution in [3.63, 3.8) is 0 Å². The number of hydrogen-bond donors (Lipinski definition) is 2. The van der Waals surface area contributed by atoms with Crippen molar-refractivity contribution in [1.29, 1.82) is 0 Å². The Morgan fingerprint density at radius 3 is 2.75 bits per heavy atom. The van der Waals surface area contributed by atoms with Gasteiger partial charge in [0.15, 0.2) is 0 Å². The summed E-state index contributed by atoms with van der Waals surface area (Å²) in [6.45, 7) is 2.10. The number of methoxy groups -OCH3 is 1. The molecule has 0 radical (unpaired) electrons. The zero-order valence-electron chi connectivity index (χ0n) is 9.19. The van der Waals surface area contributed by atoms with Gasteiger partial charge in [-0.1, -0.05) is 0 Å². The Balaban J connectivity index is 2.32. The van der Waals surface area contributed by atoms with Crippen molar-refractivity contribution in [2.45, 2.75) is 13.0 Å². The second-order valence-corrected chi connectivity index (χ2v) is 5.35. The molecule has 0 bridgehead atoms. The van der Waals surface area contributed by atoms with Gasteiger partial charge in [0.2, 0.25) is 0 Å². The predicted molar refractivity (Wildman–Crippen MR) is 69.1 cm³/mol. The number of ether oxygens (including phenoxy) is 1. The first-order valence-electron chi connectivity index (χ1n) is 4.88. The molecular weight excluding hydrogens is 240 g/mol. The van der Waals surface area contributed by atoms with Crippen molar-refractivity contribution < 1.29 is 4.74 Å². The van der Waals surface area contributed by atoms with E-state index in [0.29, 0.717) is 0 Å². The van der Waals surface area contributed by atoms with Crippen molar-refractivity contribution in [2.24, 2.45) is 5.84 Å². The second kappa shape index (κ2) is 4.97. The van der Waals surface area contributed by atoms with Gasteiger partial charge >= 0.3 is 0 Å². The fourth-order valence-corrected chi connectivity index (χ4v) is 3.56. The summed E-state index contributed by atoms with van der Waals surface area (Å²) in [5.74, 6) is 6.52. The van der Waals surface area contributed by atoms with Crippen LogP contribution in [-0.2, 0) is 0 Å². The van der Waals surface area contributed by atoms with E-state index in [9.17, 15) is 0 Å². The summed E-state index contributed by atoms with van der Waals surface area (Å²) in [5, 5.41) is 4.07. The van der Waals surface area contributed by atoms with Crippen LogP contribution >= 0.6 is 22.7 Å². The maximum absolute atomic E-state index is 5.64. The molecule has 3 nitrogen and oxygen atoms in total. The largest absolute Gasteiger partial charge is 0.496 e. The fraction of sp³-hybridized carbons (Fsp3) is 0.273. The molecule has 2 rings (SSSR count). The highest BCUT2D eigenvalue weighted by Gasteiger charge is 2.18. The molecule has 0 aliphatic carbocycles. The quantitative estimate of drug-likeness (QED) is 0.651. The van der Waals surface area contributed by atoms with Gasteiger partial charge in [0.05, 0.1) is 13.2 Å². The highest BCUT2D eigenvalue weighted by Crippen LogP contribution is 2.34. The SMILES string of the molecule is COc1csc(C(NN)c2sccc2C)c1. The summed E-state index contributed by atoms with van der Waals surface area (Å²) in [5.41, 5.74) is 4.13. The van der Waals surface area contributed by atoms with Crippen molar-refractivity contribution in [1.82, 2.24) is 5.43 Å². The van der Waals surface area contributed by atoms with E-state index in [1.54, 1.807) is 29.8 Å². The monoisotopic (exact) mass is 254 g/mol. The van der Waals surface area contributed by atoms with Crippen LogP contribution in [0.3, 0.4) is 0 Å². The molecule has 86 valence electrons. The molecule has 5 heteroatoms. The van der Waals surface area contributed by atoms with Crippen molar-refractivity contribution in [3.05, 3.63) is 38.2 Å². The van der Waals surface area contributed by atoms with Gasteiger partial charge in [-0.25, -0.2) is 5.43 Å². The highest BCUT2D eigenvalue weighted by molar-refractivity contribution is 7.11. The number of aryl methyl sites for hydroxylation is 1. The summed E-state index contributed by atoms with van der Waals surface area (Å²) in [7, 11) is 1.67. The molecule has 1 atom stereocenters. The van der Waals surface area contributed by atoms with Crippen LogP contribution in [0.5, 0.6) is 5.75 Å². The number of nitrogens with two attached hydrogens (primary N) is 1. The topological polar surface area (TPSA) is 47.3 Å². The molecule has 0 fully saturated rings. The Kier molecular flexibility index (Phi) is 3.60. The first kappa shape index (κ1) is 11.6. The number of thiophene rings is 2. The molecule has 0 aliphatic heterocycles. The third-order valence-corrected chi connectivity index (χ3v) is 4.51. The summed E-state index contributed by atoms with van der Waals surface area (Å²) in [6, 6.07) is 4.19. The lowest BCUT2D eigenvalue weighted by Gasteiger charge is -2.13. The molecule has 0 aromatic carbocycles. The normalized spacial score (nSPS) is 12.7. The van der Waals surface area contributed by atoms with Crippen molar-refractivity contribution >= 4 is 22.7 Å². The molecule has 0 saturated heterocycles. The Morgan fingerprint density at radius 1 is 1.44 bits per heavy atom. The van der Waals surface area contributed by atoms with Crippen molar-refractivity contribution in [2.75, 3.05) is 7.11 Å². The highest BCUT2D eigenvalue weighted by atomic mass is 32.1. The summed E-state index contributed by atoms with van der Waals surface area (Å²) < 4.78 is 5.18. The molecule has 0 aliphatic rings. The van der Waals surface area contributed by atoms with Crippen LogP contribution in [0.15, 0.2) is 22.9 Å². The lowest BCUT2D eigenvalue weighted by molar-refractivity contribution is 0.416. The maximum atomic E-state index is 5.64. The van der Waals surface area contributed by atoms with Crippen LogP contribution in [0, 0.1) is 6.92 Å². The minimum Gasteiger partial charge on any atom is -0.496 e. The minimum absolute atomic E-state index is 0.0638. The first-order chi connectivity index (χ1) is 7.76. The standard InChI is InChI=1S/C11H14N2OS2/c1-7-3-4-15-11(7)10(13-12)9-5-8(14-2)6-16-9/h3-6,10,13H,12H2,1-2H3. The number of hydrogen-bond acceptors (Lipinski definition) is 5. The molecule has 2 heterocycles. The molecule has 3 N–H and O–H groups in total. The van der Waals surface area contributed by atoms with E-state index >= 15 is 0 Å². The average Bonchev–Trinajstić information content (AvgIpc) is 2.90. The Labute approximate surface area is 103 Å². The van der Waals surface area contributed by atoms with E-state index in [1.807, 2.05) is 11.4 Å². The van der Waals surface area contributed by atoms with Gasteiger partial charge in [-0.15, -0.1) is 22.7 Å². The molecule has 2 aromatic rings. The van der Waals surface area contributed by atoms with Crippen LogP contribution < -0.4 is 16.0 Å². The van der Waals surface area contributed by atoms with Crippen LogP contribution in [0.25, 0.3) is 0 Å². The molecule has 2 aromatic heterocycles. The number of hydrazine groups is 1. The van der Waals surface area contributed by atoms with Crippen molar-refractivity contribution in [3.8, 4) is 5.75 Å². The molecule has 16 heavy (non-hydrogen) atoms. The number of nitrogens with one attached hydrogen (secondary N) is 1. The molecular formula is C11H14N2OS2.